The molecule has 0 unspecified atom stereocenters. The number of ether oxygens (including phenoxy) is 2. The van der Waals surface area contributed by atoms with Gasteiger partial charge in [-0.05, 0) is 6.07 Å². The van der Waals surface area contributed by atoms with Crippen LogP contribution in [0.2, 0.25) is 0 Å². The lowest BCUT2D eigenvalue weighted by atomic mass is 10.0. The lowest BCUT2D eigenvalue weighted by Gasteiger charge is -2.16. The van der Waals surface area contributed by atoms with Crippen molar-refractivity contribution in [1.29, 1.82) is 0 Å². The van der Waals surface area contributed by atoms with Gasteiger partial charge in [0.2, 0.25) is 5.91 Å². The summed E-state index contributed by atoms with van der Waals surface area (Å²) in [5, 5.41) is 2.90. The van der Waals surface area contributed by atoms with Crippen molar-refractivity contribution >= 4 is 11.9 Å². The fraction of sp³-hybridized carbons (Fsp3) is 0.500. The van der Waals surface area contributed by atoms with Crippen LogP contribution < -0.4 is 10.1 Å². The fourth-order valence-electron chi connectivity index (χ4n) is 3.12. The van der Waals surface area contributed by atoms with Crippen LogP contribution in [0.25, 0.3) is 0 Å². The van der Waals surface area contributed by atoms with Crippen LogP contribution >= 0.6 is 0 Å². The number of fused-ring (bicyclic) bond motifs is 1. The van der Waals surface area contributed by atoms with Crippen LogP contribution in [0.5, 0.6) is 5.75 Å². The minimum absolute atomic E-state index is 0.0424. The summed E-state index contributed by atoms with van der Waals surface area (Å²) < 4.78 is 10.3. The number of carbonyl (C=O) groups excluding carboxylic acids is 2. The van der Waals surface area contributed by atoms with E-state index in [1.54, 1.807) is 7.11 Å². The number of para-hydroxylation sites is 1. The number of methoxy groups -OCH3 is 1. The van der Waals surface area contributed by atoms with Gasteiger partial charge in [-0.1, -0.05) is 18.2 Å². The molecule has 2 saturated heterocycles. The lowest BCUT2D eigenvalue weighted by molar-refractivity contribution is -0.141. The fourth-order valence-corrected chi connectivity index (χ4v) is 3.12. The van der Waals surface area contributed by atoms with E-state index in [9.17, 15) is 9.59 Å². The van der Waals surface area contributed by atoms with E-state index in [1.165, 1.54) is 0 Å². The molecule has 3 rings (SSSR count). The molecule has 2 atom stereocenters. The highest BCUT2D eigenvalue weighted by atomic mass is 16.5. The number of hydrogen-bond donors (Lipinski definition) is 1. The second-order valence-electron chi connectivity index (χ2n) is 5.78. The summed E-state index contributed by atoms with van der Waals surface area (Å²) in [5.74, 6) is 0.791. The van der Waals surface area contributed by atoms with Gasteiger partial charge >= 0.3 is 5.97 Å². The summed E-state index contributed by atoms with van der Waals surface area (Å²) in [6.45, 7) is 2.61. The molecule has 1 aromatic carbocycles. The number of nitrogens with zero attached hydrogens (tertiary/aromatic N) is 1. The smallest absolute Gasteiger partial charge is 0.310 e. The number of rotatable bonds is 5. The number of hydrogen-bond acceptors (Lipinski definition) is 5. The molecule has 1 amide bonds. The van der Waals surface area contributed by atoms with E-state index in [0.29, 0.717) is 26.2 Å². The molecule has 2 aliphatic heterocycles. The highest BCUT2D eigenvalue weighted by molar-refractivity contribution is 5.79. The number of amides is 1. The van der Waals surface area contributed by atoms with Crippen LogP contribution in [-0.4, -0.2) is 50.1 Å². The molecule has 118 valence electrons. The molecule has 6 nitrogen and oxygen atoms in total. The van der Waals surface area contributed by atoms with Crippen molar-refractivity contribution in [3.05, 3.63) is 29.8 Å². The van der Waals surface area contributed by atoms with Gasteiger partial charge in [0.1, 0.15) is 5.75 Å². The Kier molecular flexibility index (Phi) is 4.29. The van der Waals surface area contributed by atoms with Crippen molar-refractivity contribution in [3.63, 3.8) is 0 Å². The monoisotopic (exact) mass is 304 g/mol. The van der Waals surface area contributed by atoms with Crippen molar-refractivity contribution in [2.75, 3.05) is 33.4 Å². The number of likely N-dealkylation sites (tertiary alicyclic amines) is 1. The summed E-state index contributed by atoms with van der Waals surface area (Å²) >= 11 is 0. The first kappa shape index (κ1) is 14.8. The lowest BCUT2D eigenvalue weighted by Crippen LogP contribution is -2.36. The molecule has 2 aliphatic rings. The zero-order valence-corrected chi connectivity index (χ0v) is 12.6. The van der Waals surface area contributed by atoms with Crippen LogP contribution in [0, 0.1) is 11.8 Å². The Morgan fingerprint density at radius 3 is 3.00 bits per heavy atom. The number of esters is 1. The summed E-state index contributed by atoms with van der Waals surface area (Å²) in [4.78, 5) is 25.6. The highest BCUT2D eigenvalue weighted by Crippen LogP contribution is 2.29. The Hall–Kier alpha value is -2.08. The zero-order chi connectivity index (χ0) is 15.5. The molecule has 2 heterocycles. The number of benzene rings is 1. The van der Waals surface area contributed by atoms with E-state index in [4.69, 9.17) is 9.47 Å². The van der Waals surface area contributed by atoms with Crippen molar-refractivity contribution in [2.45, 2.75) is 6.54 Å². The molecular weight excluding hydrogens is 284 g/mol. The van der Waals surface area contributed by atoms with Gasteiger partial charge < -0.3 is 14.8 Å². The van der Waals surface area contributed by atoms with Crippen LogP contribution in [0.15, 0.2) is 24.3 Å². The molecule has 0 radical (unpaired) electrons. The van der Waals surface area contributed by atoms with E-state index < -0.39 is 0 Å². The summed E-state index contributed by atoms with van der Waals surface area (Å²) in [7, 11) is 1.61. The molecule has 0 spiro atoms. The van der Waals surface area contributed by atoms with Gasteiger partial charge in [-0.25, -0.2) is 0 Å². The average molecular weight is 304 g/mol. The molecule has 1 aromatic rings. The van der Waals surface area contributed by atoms with Crippen molar-refractivity contribution in [2.24, 2.45) is 11.8 Å². The van der Waals surface area contributed by atoms with Gasteiger partial charge in [0.25, 0.3) is 0 Å². The summed E-state index contributed by atoms with van der Waals surface area (Å²) in [5.41, 5.74) is 0.945. The van der Waals surface area contributed by atoms with Gasteiger partial charge in [-0.15, -0.1) is 0 Å². The Morgan fingerprint density at radius 2 is 2.23 bits per heavy atom. The number of nitrogens with one attached hydrogen (secondary N) is 1. The Balaban J connectivity index is 1.48. The molecule has 1 N–H and O–H groups in total. The number of cyclic esters (lactones) is 1. The molecule has 0 aromatic heterocycles. The maximum absolute atomic E-state index is 12.1. The van der Waals surface area contributed by atoms with Crippen molar-refractivity contribution in [1.82, 2.24) is 10.2 Å². The minimum Gasteiger partial charge on any atom is -0.496 e. The second kappa shape index (κ2) is 6.36. The maximum atomic E-state index is 12.1. The first-order chi connectivity index (χ1) is 10.7. The Bertz CT molecular complexity index is 575. The van der Waals surface area contributed by atoms with Gasteiger partial charge in [0.15, 0.2) is 0 Å². The van der Waals surface area contributed by atoms with Gasteiger partial charge in [-0.3, -0.25) is 14.5 Å². The minimum atomic E-state index is -0.123. The molecule has 0 bridgehead atoms. The normalized spacial score (nSPS) is 24.0. The van der Waals surface area contributed by atoms with Crippen LogP contribution in [0.4, 0.5) is 0 Å². The zero-order valence-electron chi connectivity index (χ0n) is 12.6. The molecule has 0 aliphatic carbocycles. The van der Waals surface area contributed by atoms with E-state index >= 15 is 0 Å². The first-order valence-corrected chi connectivity index (χ1v) is 7.45. The quantitative estimate of drug-likeness (QED) is 0.798. The topological polar surface area (TPSA) is 67.9 Å². The third-order valence-electron chi connectivity index (χ3n) is 4.29. The number of carbonyl (C=O) groups is 2. The van der Waals surface area contributed by atoms with Crippen LogP contribution in [0.3, 0.4) is 0 Å². The van der Waals surface area contributed by atoms with E-state index in [2.05, 4.69) is 5.32 Å². The average Bonchev–Trinajstić information content (AvgIpc) is 3.07. The van der Waals surface area contributed by atoms with Gasteiger partial charge in [-0.2, -0.15) is 0 Å². The third kappa shape index (κ3) is 3.06. The third-order valence-corrected chi connectivity index (χ3v) is 4.29. The van der Waals surface area contributed by atoms with E-state index in [-0.39, 0.29) is 23.7 Å². The predicted octanol–water partition coefficient (Wildman–Crippen LogP) is 0.416. The largest absolute Gasteiger partial charge is 0.496 e. The molecular formula is C16H20N2O4. The van der Waals surface area contributed by atoms with E-state index in [1.807, 2.05) is 29.2 Å². The Labute approximate surface area is 129 Å². The summed E-state index contributed by atoms with van der Waals surface area (Å²) in [6, 6.07) is 7.60. The van der Waals surface area contributed by atoms with Crippen molar-refractivity contribution in [3.8, 4) is 5.75 Å². The standard InChI is InChI=1S/C16H20N2O4/c1-21-14-5-3-2-4-11(14)6-17-15(19)9-18-7-12-10-22-16(20)13(12)8-18/h2-5,12-13H,6-10H2,1H3,(H,17,19)/t12-,13-/m1/s1. The molecule has 22 heavy (non-hydrogen) atoms. The molecule has 6 heteroatoms. The highest BCUT2D eigenvalue weighted by Gasteiger charge is 2.44. The van der Waals surface area contributed by atoms with Crippen molar-refractivity contribution < 1.29 is 19.1 Å². The summed E-state index contributed by atoms with van der Waals surface area (Å²) in [6.07, 6.45) is 0. The van der Waals surface area contributed by atoms with Crippen LogP contribution in [0.1, 0.15) is 5.56 Å². The van der Waals surface area contributed by atoms with Crippen LogP contribution in [-0.2, 0) is 20.9 Å². The SMILES string of the molecule is COc1ccccc1CNC(=O)CN1C[C@@H]2COC(=O)[C@@H]2C1. The molecule has 0 saturated carbocycles. The second-order valence-corrected chi connectivity index (χ2v) is 5.78. The molecule has 2 fully saturated rings. The van der Waals surface area contributed by atoms with Gasteiger partial charge in [0, 0.05) is 31.1 Å². The predicted molar refractivity (Wildman–Crippen MR) is 79.2 cm³/mol. The maximum Gasteiger partial charge on any atom is 0.310 e. The first-order valence-electron chi connectivity index (χ1n) is 7.45. The van der Waals surface area contributed by atoms with Gasteiger partial charge in [0.05, 0.1) is 26.2 Å². The Morgan fingerprint density at radius 1 is 1.41 bits per heavy atom. The van der Waals surface area contributed by atoms with E-state index in [0.717, 1.165) is 17.9 Å².